The van der Waals surface area contributed by atoms with Crippen LogP contribution in [0.25, 0.3) is 0 Å². The summed E-state index contributed by atoms with van der Waals surface area (Å²) in [6, 6.07) is 3.92. The van der Waals surface area contributed by atoms with Crippen LogP contribution in [-0.2, 0) is 12.8 Å². The molecule has 0 atom stereocenters. The largest absolute Gasteiger partial charge is 0.472 e. The Balaban J connectivity index is 1.31. The predicted octanol–water partition coefficient (Wildman–Crippen LogP) is 3.64. The molecule has 138 valence electrons. The molecule has 0 spiro atoms. The second-order valence-electron chi connectivity index (χ2n) is 7.17. The van der Waals surface area contributed by atoms with Crippen molar-refractivity contribution in [3.63, 3.8) is 0 Å². The number of hydrogen-bond donors (Lipinski definition) is 1. The Morgan fingerprint density at radius 2 is 1.96 bits per heavy atom. The monoisotopic (exact) mass is 372 g/mol. The minimum Gasteiger partial charge on any atom is -0.472 e. The maximum Gasteiger partial charge on any atom is 0.261 e. The molecule has 2 aromatic heterocycles. The number of carbonyl (C=O) groups is 2. The number of amides is 2. The van der Waals surface area contributed by atoms with E-state index < -0.39 is 0 Å². The van der Waals surface area contributed by atoms with Gasteiger partial charge in [0.1, 0.15) is 6.26 Å². The van der Waals surface area contributed by atoms with E-state index in [2.05, 4.69) is 11.4 Å². The molecular formula is C20H24N2O3S. The second-order valence-corrected chi connectivity index (χ2v) is 8.31. The molecule has 0 unspecified atom stereocenters. The van der Waals surface area contributed by atoms with Crippen LogP contribution in [0.5, 0.6) is 0 Å². The van der Waals surface area contributed by atoms with E-state index in [4.69, 9.17) is 4.42 Å². The molecule has 1 saturated heterocycles. The number of carbonyl (C=O) groups excluding carboxylic acids is 2. The van der Waals surface area contributed by atoms with Crippen LogP contribution in [0.4, 0.5) is 0 Å². The van der Waals surface area contributed by atoms with Gasteiger partial charge < -0.3 is 14.6 Å². The Hall–Kier alpha value is -2.08. The van der Waals surface area contributed by atoms with Gasteiger partial charge in [-0.15, -0.1) is 11.3 Å². The molecule has 2 aliphatic rings. The first-order valence-electron chi connectivity index (χ1n) is 9.44. The number of aryl methyl sites for hydroxylation is 2. The number of furan rings is 1. The molecule has 1 fully saturated rings. The van der Waals surface area contributed by atoms with E-state index in [0.29, 0.717) is 18.7 Å². The van der Waals surface area contributed by atoms with Crippen molar-refractivity contribution < 1.29 is 14.0 Å². The van der Waals surface area contributed by atoms with Gasteiger partial charge in [0.15, 0.2) is 0 Å². The van der Waals surface area contributed by atoms with E-state index in [9.17, 15) is 9.59 Å². The third-order valence-corrected chi connectivity index (χ3v) is 6.59. The molecular weight excluding hydrogens is 348 g/mol. The third kappa shape index (κ3) is 3.70. The fourth-order valence-electron chi connectivity index (χ4n) is 3.83. The van der Waals surface area contributed by atoms with Crippen LogP contribution in [0.15, 0.2) is 29.1 Å². The first-order chi connectivity index (χ1) is 12.7. The first-order valence-corrected chi connectivity index (χ1v) is 10.3. The molecule has 6 heteroatoms. The molecule has 26 heavy (non-hydrogen) atoms. The molecule has 1 aliphatic heterocycles. The standard InChI is InChI=1S/C20H24N2O3S/c23-19(18-12-14-4-2-1-3-5-17(14)26-18)21-16-6-9-22(10-7-16)20(24)15-8-11-25-13-15/h8,11-13,16H,1-7,9-10H2,(H,21,23). The third-order valence-electron chi connectivity index (χ3n) is 5.36. The van der Waals surface area contributed by atoms with Gasteiger partial charge in [0.25, 0.3) is 11.8 Å². The van der Waals surface area contributed by atoms with Crippen LogP contribution < -0.4 is 5.32 Å². The molecule has 0 radical (unpaired) electrons. The van der Waals surface area contributed by atoms with E-state index in [1.807, 2.05) is 4.90 Å². The summed E-state index contributed by atoms with van der Waals surface area (Å²) in [6.45, 7) is 1.33. The lowest BCUT2D eigenvalue weighted by atomic mass is 10.0. The van der Waals surface area contributed by atoms with Gasteiger partial charge in [-0.3, -0.25) is 9.59 Å². The predicted molar refractivity (Wildman–Crippen MR) is 101 cm³/mol. The average molecular weight is 372 g/mol. The van der Waals surface area contributed by atoms with Gasteiger partial charge in [0.2, 0.25) is 0 Å². The molecule has 1 N–H and O–H groups in total. The van der Waals surface area contributed by atoms with Crippen molar-refractivity contribution in [1.29, 1.82) is 0 Å². The lowest BCUT2D eigenvalue weighted by Crippen LogP contribution is -2.46. The van der Waals surface area contributed by atoms with E-state index in [1.54, 1.807) is 17.4 Å². The minimum atomic E-state index is 0.00511. The molecule has 5 nitrogen and oxygen atoms in total. The highest BCUT2D eigenvalue weighted by Crippen LogP contribution is 2.29. The summed E-state index contributed by atoms with van der Waals surface area (Å²) >= 11 is 1.66. The SMILES string of the molecule is O=C(NC1CCN(C(=O)c2ccoc2)CC1)c1cc2c(s1)CCCCC2. The van der Waals surface area contributed by atoms with E-state index in [0.717, 1.165) is 30.6 Å². The Kier molecular flexibility index (Phi) is 5.11. The number of hydrogen-bond acceptors (Lipinski definition) is 4. The fraction of sp³-hybridized carbons (Fsp3) is 0.500. The van der Waals surface area contributed by atoms with Crippen LogP contribution >= 0.6 is 11.3 Å². The summed E-state index contributed by atoms with van der Waals surface area (Å²) in [5.74, 6) is 0.0493. The summed E-state index contributed by atoms with van der Waals surface area (Å²) in [5, 5.41) is 3.17. The number of nitrogens with zero attached hydrogens (tertiary/aromatic N) is 1. The topological polar surface area (TPSA) is 62.6 Å². The molecule has 2 aromatic rings. The zero-order valence-electron chi connectivity index (χ0n) is 14.8. The number of piperidine rings is 1. The maximum absolute atomic E-state index is 12.6. The lowest BCUT2D eigenvalue weighted by molar-refractivity contribution is 0.0697. The fourth-order valence-corrected chi connectivity index (χ4v) is 4.99. The maximum atomic E-state index is 12.6. The van der Waals surface area contributed by atoms with Gasteiger partial charge in [0, 0.05) is 24.0 Å². The Bertz CT molecular complexity index is 750. The molecule has 4 rings (SSSR count). The van der Waals surface area contributed by atoms with Crippen LogP contribution in [0.2, 0.25) is 0 Å². The number of likely N-dealkylation sites (tertiary alicyclic amines) is 1. The Labute approximate surface area is 157 Å². The van der Waals surface area contributed by atoms with Crippen LogP contribution in [-0.4, -0.2) is 35.8 Å². The molecule has 0 saturated carbocycles. The number of nitrogens with one attached hydrogen (secondary N) is 1. The van der Waals surface area contributed by atoms with Gasteiger partial charge >= 0.3 is 0 Å². The summed E-state index contributed by atoms with van der Waals surface area (Å²) in [4.78, 5) is 29.0. The van der Waals surface area contributed by atoms with Crippen molar-refractivity contribution in [2.75, 3.05) is 13.1 Å². The summed E-state index contributed by atoms with van der Waals surface area (Å²) in [6.07, 6.45) is 10.6. The highest BCUT2D eigenvalue weighted by molar-refractivity contribution is 7.14. The number of thiophene rings is 1. The van der Waals surface area contributed by atoms with E-state index in [1.165, 1.54) is 42.2 Å². The van der Waals surface area contributed by atoms with Crippen molar-refractivity contribution >= 4 is 23.2 Å². The van der Waals surface area contributed by atoms with E-state index in [-0.39, 0.29) is 17.9 Å². The van der Waals surface area contributed by atoms with Crippen molar-refractivity contribution in [3.05, 3.63) is 45.5 Å². The summed E-state index contributed by atoms with van der Waals surface area (Å²) in [7, 11) is 0. The summed E-state index contributed by atoms with van der Waals surface area (Å²) in [5.41, 5.74) is 1.96. The van der Waals surface area contributed by atoms with Crippen LogP contribution in [0.1, 0.15) is 62.6 Å². The number of fused-ring (bicyclic) bond motifs is 1. The highest BCUT2D eigenvalue weighted by atomic mass is 32.1. The molecule has 3 heterocycles. The lowest BCUT2D eigenvalue weighted by Gasteiger charge is -2.32. The van der Waals surface area contributed by atoms with Gasteiger partial charge in [-0.2, -0.15) is 0 Å². The van der Waals surface area contributed by atoms with Crippen molar-refractivity contribution in [3.8, 4) is 0 Å². The molecule has 2 amide bonds. The van der Waals surface area contributed by atoms with Crippen LogP contribution in [0.3, 0.4) is 0 Å². The Morgan fingerprint density at radius 1 is 1.15 bits per heavy atom. The second kappa shape index (κ2) is 7.66. The van der Waals surface area contributed by atoms with Crippen molar-refractivity contribution in [2.24, 2.45) is 0 Å². The van der Waals surface area contributed by atoms with E-state index >= 15 is 0 Å². The molecule has 0 bridgehead atoms. The van der Waals surface area contributed by atoms with Gasteiger partial charge in [0.05, 0.1) is 16.7 Å². The van der Waals surface area contributed by atoms with Gasteiger partial charge in [-0.1, -0.05) is 6.42 Å². The minimum absolute atomic E-state index is 0.00511. The highest BCUT2D eigenvalue weighted by Gasteiger charge is 2.26. The normalized spacial score (nSPS) is 18.2. The zero-order valence-corrected chi connectivity index (χ0v) is 15.6. The smallest absolute Gasteiger partial charge is 0.261 e. The van der Waals surface area contributed by atoms with Crippen molar-refractivity contribution in [2.45, 2.75) is 51.0 Å². The first kappa shape index (κ1) is 17.3. The van der Waals surface area contributed by atoms with Crippen molar-refractivity contribution in [1.82, 2.24) is 10.2 Å². The molecule has 0 aromatic carbocycles. The average Bonchev–Trinajstić information content (AvgIpc) is 3.28. The van der Waals surface area contributed by atoms with Gasteiger partial charge in [-0.05, 0) is 56.2 Å². The van der Waals surface area contributed by atoms with Gasteiger partial charge in [-0.25, -0.2) is 0 Å². The number of rotatable bonds is 3. The summed E-state index contributed by atoms with van der Waals surface area (Å²) < 4.78 is 4.99. The zero-order chi connectivity index (χ0) is 17.9. The molecule has 1 aliphatic carbocycles. The quantitative estimate of drug-likeness (QED) is 0.837. The Morgan fingerprint density at radius 3 is 2.73 bits per heavy atom. The van der Waals surface area contributed by atoms with Crippen LogP contribution in [0, 0.1) is 0 Å².